The average Bonchev–Trinajstić information content (AvgIpc) is 3.12. The molecule has 148 valence electrons. The summed E-state index contributed by atoms with van der Waals surface area (Å²) in [6.45, 7) is 0. The van der Waals surface area contributed by atoms with Crippen molar-refractivity contribution in [2.24, 2.45) is 5.10 Å². The van der Waals surface area contributed by atoms with Crippen LogP contribution in [0.25, 0.3) is 0 Å². The molecule has 1 atom stereocenters. The Morgan fingerprint density at radius 1 is 1.20 bits per heavy atom. The Morgan fingerprint density at radius 2 is 2.03 bits per heavy atom. The quantitative estimate of drug-likeness (QED) is 0.481. The van der Waals surface area contributed by atoms with Crippen molar-refractivity contribution >= 4 is 35.2 Å². The van der Waals surface area contributed by atoms with E-state index in [2.05, 4.69) is 20.9 Å². The van der Waals surface area contributed by atoms with Crippen LogP contribution in [0, 0.1) is 11.3 Å². The van der Waals surface area contributed by atoms with Crippen LogP contribution < -0.4 is 20.2 Å². The van der Waals surface area contributed by atoms with E-state index in [1.165, 1.54) is 12.3 Å². The van der Waals surface area contributed by atoms with Gasteiger partial charge in [-0.15, -0.1) is 0 Å². The SMILES string of the molecule is C[N+]1(C(=O)NNc2ccc(Oc3ccnc(C#N)c3)c(Cl)c2)N=Cc2ccccc21. The molecule has 2 heterocycles. The number of benzene rings is 2. The summed E-state index contributed by atoms with van der Waals surface area (Å²) in [6, 6.07) is 17.2. The zero-order valence-corrected chi connectivity index (χ0v) is 16.6. The van der Waals surface area contributed by atoms with E-state index < -0.39 is 0 Å². The van der Waals surface area contributed by atoms with Crippen LogP contribution in [0.15, 0.2) is 65.9 Å². The maximum Gasteiger partial charge on any atom is 0.466 e. The van der Waals surface area contributed by atoms with Gasteiger partial charge in [-0.1, -0.05) is 33.4 Å². The second-order valence-corrected chi connectivity index (χ2v) is 6.96. The third kappa shape index (κ3) is 3.67. The molecule has 2 aromatic carbocycles. The molecule has 9 heteroatoms. The highest BCUT2D eigenvalue weighted by molar-refractivity contribution is 6.32. The van der Waals surface area contributed by atoms with Crippen molar-refractivity contribution in [2.75, 3.05) is 12.5 Å². The second kappa shape index (κ2) is 7.83. The maximum absolute atomic E-state index is 12.8. The molecule has 0 bridgehead atoms. The molecule has 1 aliphatic heterocycles. The minimum absolute atomic E-state index is 0.243. The third-order valence-electron chi connectivity index (χ3n) is 4.55. The Labute approximate surface area is 177 Å². The van der Waals surface area contributed by atoms with Gasteiger partial charge in [-0.3, -0.25) is 5.43 Å². The largest absolute Gasteiger partial charge is 0.466 e. The first-order valence-corrected chi connectivity index (χ1v) is 9.29. The number of amides is 2. The van der Waals surface area contributed by atoms with E-state index in [4.69, 9.17) is 21.6 Å². The molecule has 0 fully saturated rings. The summed E-state index contributed by atoms with van der Waals surface area (Å²) in [6.07, 6.45) is 3.16. The van der Waals surface area contributed by atoms with E-state index in [0.29, 0.717) is 22.2 Å². The first-order valence-electron chi connectivity index (χ1n) is 8.91. The highest BCUT2D eigenvalue weighted by Gasteiger charge is 2.40. The molecule has 4 rings (SSSR count). The summed E-state index contributed by atoms with van der Waals surface area (Å²) in [5.41, 5.74) is 8.00. The van der Waals surface area contributed by atoms with Gasteiger partial charge in [0, 0.05) is 18.3 Å². The topological polar surface area (TPSA) is 99.4 Å². The van der Waals surface area contributed by atoms with Crippen LogP contribution in [0.5, 0.6) is 11.5 Å². The summed E-state index contributed by atoms with van der Waals surface area (Å²) in [7, 11) is 1.70. The Morgan fingerprint density at radius 3 is 2.83 bits per heavy atom. The van der Waals surface area contributed by atoms with Gasteiger partial charge in [0.05, 0.1) is 22.5 Å². The van der Waals surface area contributed by atoms with E-state index in [9.17, 15) is 4.79 Å². The minimum Gasteiger partial charge on any atom is -0.456 e. The fourth-order valence-electron chi connectivity index (χ4n) is 2.95. The molecular weight excluding hydrogens is 404 g/mol. The maximum atomic E-state index is 12.8. The van der Waals surface area contributed by atoms with Crippen molar-refractivity contribution in [1.29, 1.82) is 5.26 Å². The van der Waals surface area contributed by atoms with Crippen LogP contribution in [0.3, 0.4) is 0 Å². The molecule has 0 saturated carbocycles. The number of halogens is 1. The number of nitrogens with one attached hydrogen (secondary N) is 2. The van der Waals surface area contributed by atoms with Gasteiger partial charge in [0.2, 0.25) is 0 Å². The monoisotopic (exact) mass is 419 g/mol. The Hall–Kier alpha value is -3.93. The number of nitriles is 1. The normalized spacial score (nSPS) is 16.4. The van der Waals surface area contributed by atoms with Crippen molar-refractivity contribution < 1.29 is 9.53 Å². The van der Waals surface area contributed by atoms with Gasteiger partial charge in [-0.2, -0.15) is 5.26 Å². The molecule has 1 aromatic heterocycles. The number of quaternary nitrogens is 1. The van der Waals surface area contributed by atoms with Crippen molar-refractivity contribution in [3.05, 3.63) is 77.1 Å². The molecule has 3 aromatic rings. The molecule has 2 N–H and O–H groups in total. The van der Waals surface area contributed by atoms with Crippen LogP contribution >= 0.6 is 11.6 Å². The molecule has 0 spiro atoms. The van der Waals surface area contributed by atoms with E-state index >= 15 is 0 Å². The summed E-state index contributed by atoms with van der Waals surface area (Å²) in [5.74, 6) is 0.848. The smallest absolute Gasteiger partial charge is 0.456 e. The predicted molar refractivity (Wildman–Crippen MR) is 114 cm³/mol. The highest BCUT2D eigenvalue weighted by atomic mass is 35.5. The fraction of sp³-hybridized carbons (Fsp3) is 0.0476. The van der Waals surface area contributed by atoms with Crippen LogP contribution in [-0.4, -0.2) is 24.3 Å². The second-order valence-electron chi connectivity index (χ2n) is 6.55. The van der Waals surface area contributed by atoms with Crippen LogP contribution in [0.4, 0.5) is 16.2 Å². The van der Waals surface area contributed by atoms with Gasteiger partial charge in [-0.25, -0.2) is 15.2 Å². The molecular formula is C21H16ClN6O2+. The first-order chi connectivity index (χ1) is 14.5. The first kappa shape index (κ1) is 19.4. The van der Waals surface area contributed by atoms with Crippen molar-refractivity contribution in [3.63, 3.8) is 0 Å². The number of hydrazine groups is 1. The Bertz CT molecular complexity index is 1210. The van der Waals surface area contributed by atoms with E-state index in [1.54, 1.807) is 37.5 Å². The zero-order chi connectivity index (χ0) is 21.1. The van der Waals surface area contributed by atoms with Crippen molar-refractivity contribution in [1.82, 2.24) is 15.0 Å². The average molecular weight is 420 g/mol. The Balaban J connectivity index is 1.44. The zero-order valence-electron chi connectivity index (χ0n) is 15.8. The summed E-state index contributed by atoms with van der Waals surface area (Å²) >= 11 is 6.30. The van der Waals surface area contributed by atoms with Crippen LogP contribution in [0.2, 0.25) is 5.02 Å². The van der Waals surface area contributed by atoms with Gasteiger partial charge in [0.25, 0.3) is 0 Å². The molecule has 1 aliphatic rings. The predicted octanol–water partition coefficient (Wildman–Crippen LogP) is 4.42. The number of aromatic nitrogens is 1. The number of carbonyl (C=O) groups is 1. The lowest BCUT2D eigenvalue weighted by Crippen LogP contribution is -2.52. The molecule has 0 radical (unpaired) electrons. The van der Waals surface area contributed by atoms with Gasteiger partial charge in [-0.05, 0) is 30.3 Å². The Kier molecular flexibility index (Phi) is 5.06. The van der Waals surface area contributed by atoms with Crippen LogP contribution in [0.1, 0.15) is 11.3 Å². The summed E-state index contributed by atoms with van der Waals surface area (Å²) < 4.78 is 5.46. The van der Waals surface area contributed by atoms with E-state index in [1.807, 2.05) is 30.3 Å². The number of pyridine rings is 1. The number of hydrogen-bond donors (Lipinski definition) is 2. The lowest BCUT2D eigenvalue weighted by molar-refractivity contribution is 0.214. The van der Waals surface area contributed by atoms with E-state index in [0.717, 1.165) is 11.3 Å². The molecule has 2 amide bonds. The molecule has 0 aliphatic carbocycles. The van der Waals surface area contributed by atoms with Gasteiger partial charge in [0.15, 0.2) is 5.69 Å². The minimum atomic E-state index is -0.353. The number of urea groups is 1. The fourth-order valence-corrected chi connectivity index (χ4v) is 3.17. The number of carbonyl (C=O) groups excluding carboxylic acids is 1. The molecule has 30 heavy (non-hydrogen) atoms. The highest BCUT2D eigenvalue weighted by Crippen LogP contribution is 2.32. The third-order valence-corrected chi connectivity index (χ3v) is 4.84. The lowest BCUT2D eigenvalue weighted by Gasteiger charge is -2.22. The van der Waals surface area contributed by atoms with Gasteiger partial charge < -0.3 is 4.74 Å². The molecule has 8 nitrogen and oxygen atoms in total. The summed E-state index contributed by atoms with van der Waals surface area (Å²) in [5, 5.41) is 13.6. The van der Waals surface area contributed by atoms with Crippen molar-refractivity contribution in [3.8, 4) is 17.6 Å². The van der Waals surface area contributed by atoms with Crippen molar-refractivity contribution in [2.45, 2.75) is 0 Å². The van der Waals surface area contributed by atoms with E-state index in [-0.39, 0.29) is 16.3 Å². The molecule has 0 saturated heterocycles. The summed E-state index contributed by atoms with van der Waals surface area (Å²) in [4.78, 5) is 16.6. The number of rotatable bonds is 4. The number of anilines is 1. The number of ether oxygens (including phenoxy) is 1. The standard InChI is InChI=1S/C21H15ClN6O2/c1-28(19-5-3-2-4-14(19)13-25-28)21(29)27-26-15-6-7-20(18(22)11-15)30-17-8-9-24-16(10-17)12-23/h2-11,13,26H,1H3/p+1. The molecule has 1 unspecified atom stereocenters. The van der Waals surface area contributed by atoms with Gasteiger partial charge in [0.1, 0.15) is 30.3 Å². The number of nitrogens with zero attached hydrogens (tertiary/aromatic N) is 4. The number of hydrogen-bond acceptors (Lipinski definition) is 6. The lowest BCUT2D eigenvalue weighted by atomic mass is 10.2. The number of fused-ring (bicyclic) bond motifs is 1. The van der Waals surface area contributed by atoms with Crippen LogP contribution in [-0.2, 0) is 0 Å². The number of para-hydroxylation sites is 1. The van der Waals surface area contributed by atoms with Gasteiger partial charge >= 0.3 is 6.03 Å².